The number of aliphatic carboxylic acids is 1. The highest BCUT2D eigenvalue weighted by Crippen LogP contribution is 2.46. The maximum Gasteiger partial charge on any atom is 0.410 e. The van der Waals surface area contributed by atoms with Crippen LogP contribution in [-0.4, -0.2) is 59.1 Å². The van der Waals surface area contributed by atoms with Crippen LogP contribution in [-0.2, 0) is 20.9 Å². The molecule has 0 atom stereocenters. The van der Waals surface area contributed by atoms with Crippen LogP contribution in [0.4, 0.5) is 4.79 Å². The van der Waals surface area contributed by atoms with E-state index >= 15 is 0 Å². The van der Waals surface area contributed by atoms with Gasteiger partial charge >= 0.3 is 12.1 Å². The summed E-state index contributed by atoms with van der Waals surface area (Å²) in [5.74, 6) is -0.983. The Morgan fingerprint density at radius 2 is 1.69 bits per heavy atom. The lowest BCUT2D eigenvalue weighted by molar-refractivity contribution is -0.192. The van der Waals surface area contributed by atoms with Gasteiger partial charge in [-0.3, -0.25) is 4.79 Å². The first-order chi connectivity index (χ1) is 12.5. The van der Waals surface area contributed by atoms with Crippen LogP contribution >= 0.6 is 0 Å². The van der Waals surface area contributed by atoms with E-state index in [1.807, 2.05) is 30.3 Å². The van der Waals surface area contributed by atoms with Crippen LogP contribution in [0, 0.1) is 5.41 Å². The van der Waals surface area contributed by atoms with Gasteiger partial charge in [-0.25, -0.2) is 4.79 Å². The molecule has 0 aliphatic carbocycles. The molecule has 0 radical (unpaired) electrons. The van der Waals surface area contributed by atoms with E-state index < -0.39 is 23.1 Å². The normalized spacial score (nSPS) is 21.8. The van der Waals surface area contributed by atoms with Gasteiger partial charge in [0, 0.05) is 26.3 Å². The summed E-state index contributed by atoms with van der Waals surface area (Å²) in [5, 5.41) is 20.9. The van der Waals surface area contributed by atoms with Crippen molar-refractivity contribution in [3.63, 3.8) is 0 Å². The Labute approximate surface area is 152 Å². The lowest BCUT2D eigenvalue weighted by Gasteiger charge is -2.49. The predicted octanol–water partition coefficient (Wildman–Crippen LogP) is 2.03. The highest BCUT2D eigenvalue weighted by molar-refractivity contribution is 5.77. The second-order valence-corrected chi connectivity index (χ2v) is 7.06. The molecule has 26 heavy (non-hydrogen) atoms. The fraction of sp³-hybridized carbons (Fsp3) is 0.579. The first-order valence-electron chi connectivity index (χ1n) is 8.96. The van der Waals surface area contributed by atoms with E-state index in [1.54, 1.807) is 0 Å². The summed E-state index contributed by atoms with van der Waals surface area (Å²) in [6, 6.07) is 9.41. The molecule has 2 aliphatic heterocycles. The molecule has 2 aliphatic rings. The maximum atomic E-state index is 12.3. The van der Waals surface area contributed by atoms with Gasteiger partial charge < -0.3 is 24.6 Å². The number of carboxylic acid groups (broad SMARTS) is 1. The number of likely N-dealkylation sites (tertiary alicyclic amines) is 1. The number of piperidine rings is 1. The van der Waals surface area contributed by atoms with Gasteiger partial charge in [0.2, 0.25) is 0 Å². The second-order valence-electron chi connectivity index (χ2n) is 7.06. The van der Waals surface area contributed by atoms with E-state index in [9.17, 15) is 19.8 Å². The zero-order valence-electron chi connectivity index (χ0n) is 14.7. The second kappa shape index (κ2) is 7.63. The van der Waals surface area contributed by atoms with Crippen molar-refractivity contribution in [3.8, 4) is 0 Å². The Morgan fingerprint density at radius 3 is 2.27 bits per heavy atom. The van der Waals surface area contributed by atoms with Crippen molar-refractivity contribution in [3.05, 3.63) is 35.9 Å². The highest BCUT2D eigenvalue weighted by Gasteiger charge is 2.57. The number of carboxylic acids is 1. The van der Waals surface area contributed by atoms with Crippen molar-refractivity contribution < 1.29 is 29.3 Å². The van der Waals surface area contributed by atoms with Crippen LogP contribution in [0.3, 0.4) is 0 Å². The minimum Gasteiger partial charge on any atom is -0.481 e. The molecule has 7 heteroatoms. The molecule has 1 amide bonds. The van der Waals surface area contributed by atoms with Gasteiger partial charge in [-0.05, 0) is 31.2 Å². The van der Waals surface area contributed by atoms with E-state index in [4.69, 9.17) is 9.47 Å². The molecule has 1 aromatic rings. The van der Waals surface area contributed by atoms with Crippen LogP contribution in [0.15, 0.2) is 30.3 Å². The fourth-order valence-corrected chi connectivity index (χ4v) is 3.95. The summed E-state index contributed by atoms with van der Waals surface area (Å²) in [4.78, 5) is 25.7. The molecule has 0 bridgehead atoms. The van der Waals surface area contributed by atoms with Crippen molar-refractivity contribution in [2.24, 2.45) is 5.41 Å². The van der Waals surface area contributed by atoms with Crippen LogP contribution in [0.2, 0.25) is 0 Å². The van der Waals surface area contributed by atoms with Crippen molar-refractivity contribution in [1.29, 1.82) is 0 Å². The van der Waals surface area contributed by atoms with E-state index in [0.29, 0.717) is 13.2 Å². The average Bonchev–Trinajstić information content (AvgIpc) is 2.68. The Balaban J connectivity index is 1.59. The molecule has 2 heterocycles. The summed E-state index contributed by atoms with van der Waals surface area (Å²) in [5.41, 5.74) is -1.63. The molecule has 2 fully saturated rings. The van der Waals surface area contributed by atoms with Gasteiger partial charge in [-0.2, -0.15) is 0 Å². The SMILES string of the molecule is O=C(OCc1ccccc1)N1CCC(O)(C2(C(=O)O)CCOCC2)CC1. The van der Waals surface area contributed by atoms with Crippen molar-refractivity contribution in [2.45, 2.75) is 37.9 Å². The van der Waals surface area contributed by atoms with Gasteiger partial charge in [0.15, 0.2) is 0 Å². The van der Waals surface area contributed by atoms with Gasteiger partial charge in [0.25, 0.3) is 0 Å². The molecule has 2 N–H and O–H groups in total. The molecule has 0 aromatic heterocycles. The Kier molecular flexibility index (Phi) is 5.48. The minimum absolute atomic E-state index is 0.191. The zero-order chi connectivity index (χ0) is 18.6. The lowest BCUT2D eigenvalue weighted by Crippen LogP contribution is -2.60. The molecular weight excluding hydrogens is 338 g/mol. The molecule has 0 unspecified atom stereocenters. The van der Waals surface area contributed by atoms with Gasteiger partial charge in [-0.15, -0.1) is 0 Å². The highest BCUT2D eigenvalue weighted by atomic mass is 16.6. The van der Waals surface area contributed by atoms with E-state index in [1.165, 1.54) is 4.90 Å². The fourth-order valence-electron chi connectivity index (χ4n) is 3.95. The van der Waals surface area contributed by atoms with Crippen molar-refractivity contribution in [1.82, 2.24) is 4.90 Å². The largest absolute Gasteiger partial charge is 0.481 e. The van der Waals surface area contributed by atoms with E-state index in [-0.39, 0.29) is 45.4 Å². The number of aliphatic hydroxyl groups is 1. The maximum absolute atomic E-state index is 12.3. The topological polar surface area (TPSA) is 96.3 Å². The number of carbonyl (C=O) groups excluding carboxylic acids is 1. The standard InChI is InChI=1S/C19H25NO6/c21-16(22)18(8-12-25-13-9-18)19(24)6-10-20(11-7-19)17(23)26-14-15-4-2-1-3-5-15/h1-5,24H,6-14H2,(H,21,22). The lowest BCUT2D eigenvalue weighted by atomic mass is 9.63. The summed E-state index contributed by atoms with van der Waals surface area (Å²) in [7, 11) is 0. The summed E-state index contributed by atoms with van der Waals surface area (Å²) in [6.45, 7) is 1.41. The number of nitrogens with zero attached hydrogens (tertiary/aromatic N) is 1. The van der Waals surface area contributed by atoms with Gasteiger partial charge in [0.1, 0.15) is 12.0 Å². The molecule has 1 aromatic carbocycles. The van der Waals surface area contributed by atoms with E-state index in [2.05, 4.69) is 0 Å². The smallest absolute Gasteiger partial charge is 0.410 e. The van der Waals surface area contributed by atoms with E-state index in [0.717, 1.165) is 5.56 Å². The summed E-state index contributed by atoms with van der Waals surface area (Å²) in [6.07, 6.45) is 0.584. The van der Waals surface area contributed by atoms with Crippen molar-refractivity contribution in [2.75, 3.05) is 26.3 Å². The predicted molar refractivity (Wildman–Crippen MR) is 92.5 cm³/mol. The van der Waals surface area contributed by atoms with Crippen LogP contribution < -0.4 is 0 Å². The van der Waals surface area contributed by atoms with Gasteiger partial charge in [-0.1, -0.05) is 30.3 Å². The zero-order valence-corrected chi connectivity index (χ0v) is 14.7. The summed E-state index contributed by atoms with van der Waals surface area (Å²) < 4.78 is 10.6. The number of benzene rings is 1. The molecular formula is C19H25NO6. The Morgan fingerprint density at radius 1 is 1.08 bits per heavy atom. The number of hydrogen-bond acceptors (Lipinski definition) is 5. The number of ether oxygens (including phenoxy) is 2. The number of hydrogen-bond donors (Lipinski definition) is 2. The number of rotatable bonds is 4. The molecule has 2 saturated heterocycles. The third-order valence-electron chi connectivity index (χ3n) is 5.70. The Hall–Kier alpha value is -2.12. The third-order valence-corrected chi connectivity index (χ3v) is 5.70. The molecule has 3 rings (SSSR count). The third kappa shape index (κ3) is 3.54. The quantitative estimate of drug-likeness (QED) is 0.850. The van der Waals surface area contributed by atoms with Crippen LogP contribution in [0.1, 0.15) is 31.2 Å². The minimum atomic E-state index is -1.33. The number of amides is 1. The molecule has 142 valence electrons. The van der Waals surface area contributed by atoms with Crippen LogP contribution in [0.5, 0.6) is 0 Å². The molecule has 0 spiro atoms. The Bertz CT molecular complexity index is 633. The monoisotopic (exact) mass is 363 g/mol. The first kappa shape index (κ1) is 18.7. The number of carbonyl (C=O) groups is 2. The van der Waals surface area contributed by atoms with Gasteiger partial charge in [0.05, 0.1) is 5.60 Å². The summed E-state index contributed by atoms with van der Waals surface area (Å²) >= 11 is 0. The first-order valence-corrected chi connectivity index (χ1v) is 8.96. The molecule has 0 saturated carbocycles. The molecule has 7 nitrogen and oxygen atoms in total. The van der Waals surface area contributed by atoms with Crippen LogP contribution in [0.25, 0.3) is 0 Å². The average molecular weight is 363 g/mol. The van der Waals surface area contributed by atoms with Crippen molar-refractivity contribution >= 4 is 12.1 Å².